The molecule has 0 radical (unpaired) electrons. The van der Waals surface area contributed by atoms with Gasteiger partial charge in [-0.3, -0.25) is 4.57 Å². The van der Waals surface area contributed by atoms with Crippen LogP contribution in [0.15, 0.2) is 49.1 Å². The Morgan fingerprint density at radius 2 is 1.89 bits per heavy atom. The summed E-state index contributed by atoms with van der Waals surface area (Å²) >= 11 is 0. The van der Waals surface area contributed by atoms with E-state index in [2.05, 4.69) is 20.3 Å². The van der Waals surface area contributed by atoms with E-state index in [1.165, 1.54) is 17.2 Å². The number of benzene rings is 2. The van der Waals surface area contributed by atoms with Crippen molar-refractivity contribution in [2.45, 2.75) is 31.1 Å². The molecule has 0 amide bonds. The minimum atomic E-state index is -1.24. The number of aromatic nitrogens is 4. The third-order valence-electron chi connectivity index (χ3n) is 6.41. The molecule has 0 unspecified atom stereocenters. The summed E-state index contributed by atoms with van der Waals surface area (Å²) in [6.07, 6.45) is -1.45. The summed E-state index contributed by atoms with van der Waals surface area (Å²) in [6, 6.07) is 11.5. The highest BCUT2D eigenvalue weighted by molar-refractivity contribution is 5.83. The van der Waals surface area contributed by atoms with Crippen LogP contribution in [0.3, 0.4) is 0 Å². The van der Waals surface area contributed by atoms with Crippen molar-refractivity contribution in [3.05, 3.63) is 54.6 Å². The molecule has 6 N–H and O–H groups in total. The second-order valence-electron chi connectivity index (χ2n) is 8.62. The van der Waals surface area contributed by atoms with Gasteiger partial charge in [-0.1, -0.05) is 12.1 Å². The molecule has 2 aliphatic rings. The van der Waals surface area contributed by atoms with Crippen LogP contribution in [0.2, 0.25) is 0 Å². The van der Waals surface area contributed by atoms with Crippen LogP contribution in [0.1, 0.15) is 11.8 Å². The van der Waals surface area contributed by atoms with Crippen molar-refractivity contribution in [2.75, 3.05) is 24.5 Å². The Balaban J connectivity index is 1.24. The zero-order valence-corrected chi connectivity index (χ0v) is 19.0. The number of aliphatic hydroxyl groups excluding tert-OH is 3. The molecule has 2 aromatic carbocycles. The van der Waals surface area contributed by atoms with Crippen molar-refractivity contribution in [3.8, 4) is 22.6 Å². The Hall–Kier alpha value is -3.97. The number of imidazole rings is 1. The van der Waals surface area contributed by atoms with Crippen molar-refractivity contribution in [2.24, 2.45) is 0 Å². The molecule has 0 saturated carbocycles. The van der Waals surface area contributed by atoms with Crippen molar-refractivity contribution in [1.29, 1.82) is 0 Å². The molecule has 12 heteroatoms. The van der Waals surface area contributed by atoms with Gasteiger partial charge >= 0.3 is 0 Å². The molecule has 1 fully saturated rings. The van der Waals surface area contributed by atoms with Crippen molar-refractivity contribution in [3.63, 3.8) is 0 Å². The molecule has 186 valence electrons. The molecule has 2 aliphatic heterocycles. The van der Waals surface area contributed by atoms with E-state index in [-0.39, 0.29) is 6.79 Å². The minimum absolute atomic E-state index is 0.204. The van der Waals surface area contributed by atoms with Gasteiger partial charge in [-0.15, -0.1) is 0 Å². The van der Waals surface area contributed by atoms with E-state index in [0.29, 0.717) is 40.7 Å². The third kappa shape index (κ3) is 3.76. The van der Waals surface area contributed by atoms with Gasteiger partial charge in [-0.2, -0.15) is 0 Å². The van der Waals surface area contributed by atoms with E-state index in [0.717, 1.165) is 16.7 Å². The number of ether oxygens (including phenoxy) is 3. The molecule has 6 rings (SSSR count). The molecule has 0 spiro atoms. The van der Waals surface area contributed by atoms with Crippen LogP contribution in [0.4, 0.5) is 11.5 Å². The van der Waals surface area contributed by atoms with Crippen molar-refractivity contribution < 1.29 is 29.5 Å². The van der Waals surface area contributed by atoms with Gasteiger partial charge in [0.2, 0.25) is 6.79 Å². The number of anilines is 2. The number of hydrogen-bond acceptors (Lipinski definition) is 11. The van der Waals surface area contributed by atoms with Gasteiger partial charge in [-0.25, -0.2) is 15.0 Å². The van der Waals surface area contributed by atoms with Crippen molar-refractivity contribution >= 4 is 22.7 Å². The fourth-order valence-corrected chi connectivity index (χ4v) is 4.49. The largest absolute Gasteiger partial charge is 0.454 e. The molecule has 0 bridgehead atoms. The Morgan fingerprint density at radius 3 is 2.72 bits per heavy atom. The Kier molecular flexibility index (Phi) is 5.57. The number of nitrogen functional groups attached to an aromatic ring is 1. The Labute approximate surface area is 204 Å². The average molecular weight is 492 g/mol. The summed E-state index contributed by atoms with van der Waals surface area (Å²) < 4.78 is 18.0. The summed E-state index contributed by atoms with van der Waals surface area (Å²) in [6.45, 7) is 0.222. The number of rotatable bonds is 6. The fraction of sp³-hybridized carbons (Fsp3) is 0.292. The van der Waals surface area contributed by atoms with E-state index in [1.54, 1.807) is 0 Å². The normalized spacial score (nSPS) is 22.9. The van der Waals surface area contributed by atoms with E-state index in [9.17, 15) is 15.3 Å². The summed E-state index contributed by atoms with van der Waals surface area (Å²) in [7, 11) is 0. The Morgan fingerprint density at radius 1 is 1.03 bits per heavy atom. The zero-order valence-electron chi connectivity index (χ0n) is 19.0. The second kappa shape index (κ2) is 8.91. The van der Waals surface area contributed by atoms with Crippen LogP contribution in [0.25, 0.3) is 22.3 Å². The van der Waals surface area contributed by atoms with Crippen LogP contribution in [-0.4, -0.2) is 66.6 Å². The molecular weight excluding hydrogens is 468 g/mol. The first kappa shape index (κ1) is 22.5. The maximum absolute atomic E-state index is 10.4. The number of aliphatic hydroxyl groups is 3. The first-order valence-electron chi connectivity index (χ1n) is 11.4. The van der Waals surface area contributed by atoms with Gasteiger partial charge in [0, 0.05) is 17.8 Å². The maximum atomic E-state index is 10.4. The van der Waals surface area contributed by atoms with Crippen LogP contribution in [0.5, 0.6) is 11.5 Å². The van der Waals surface area contributed by atoms with Crippen molar-refractivity contribution in [1.82, 2.24) is 19.5 Å². The van der Waals surface area contributed by atoms with Crippen LogP contribution < -0.4 is 20.5 Å². The van der Waals surface area contributed by atoms with Gasteiger partial charge in [0.15, 0.2) is 34.7 Å². The molecule has 12 nitrogen and oxygen atoms in total. The van der Waals surface area contributed by atoms with E-state index >= 15 is 0 Å². The number of nitrogens with zero attached hydrogens (tertiary/aromatic N) is 4. The lowest BCUT2D eigenvalue weighted by molar-refractivity contribution is -0.0511. The second-order valence-corrected chi connectivity index (χ2v) is 8.62. The summed E-state index contributed by atoms with van der Waals surface area (Å²) in [4.78, 5) is 13.0. The lowest BCUT2D eigenvalue weighted by Crippen LogP contribution is -2.33. The summed E-state index contributed by atoms with van der Waals surface area (Å²) in [5.41, 5.74) is 10.5. The third-order valence-corrected chi connectivity index (χ3v) is 6.41. The highest BCUT2D eigenvalue weighted by atomic mass is 16.7. The van der Waals surface area contributed by atoms with Crippen LogP contribution in [0, 0.1) is 0 Å². The van der Waals surface area contributed by atoms with Gasteiger partial charge in [0.05, 0.1) is 12.9 Å². The molecule has 4 aromatic rings. The zero-order chi connectivity index (χ0) is 24.8. The topological polar surface area (TPSA) is 170 Å². The predicted molar refractivity (Wildman–Crippen MR) is 128 cm³/mol. The van der Waals surface area contributed by atoms with Gasteiger partial charge < -0.3 is 40.6 Å². The first-order valence-corrected chi connectivity index (χ1v) is 11.4. The number of fused-ring (bicyclic) bond motifs is 2. The van der Waals surface area contributed by atoms with Gasteiger partial charge in [0.25, 0.3) is 0 Å². The van der Waals surface area contributed by atoms with Gasteiger partial charge in [0.1, 0.15) is 24.6 Å². The van der Waals surface area contributed by atoms with Crippen LogP contribution in [-0.2, 0) is 11.3 Å². The molecule has 1 saturated heterocycles. The smallest absolute Gasteiger partial charge is 0.231 e. The maximum Gasteiger partial charge on any atom is 0.231 e. The average Bonchev–Trinajstić information content (AvgIpc) is 3.61. The molecule has 2 aromatic heterocycles. The lowest BCUT2D eigenvalue weighted by atomic mass is 10.0. The van der Waals surface area contributed by atoms with E-state index in [4.69, 9.17) is 19.9 Å². The highest BCUT2D eigenvalue weighted by Crippen LogP contribution is 2.38. The summed E-state index contributed by atoms with van der Waals surface area (Å²) in [5, 5.41) is 33.1. The summed E-state index contributed by atoms with van der Waals surface area (Å²) in [5.74, 6) is 1.88. The number of nitrogens with two attached hydrogens (primary N) is 1. The van der Waals surface area contributed by atoms with Crippen LogP contribution >= 0.6 is 0 Å². The number of nitrogens with one attached hydrogen (secondary N) is 1. The standard InChI is InChI=1S/C24H24N6O6/c25-15-3-1-12(5-14(15)13-2-4-16-17(6-13)35-11-34-16)7-26-22-19-23(28-9-27-22)30(10-29-19)24-21(33)20(32)18(8-31)36-24/h1-6,9-10,18,20-21,24,31-33H,7-8,11,25H2,(H,26,27,28)/t18-,20-,21-,24-/m1/s1. The molecular formula is C24H24N6O6. The van der Waals surface area contributed by atoms with E-state index in [1.807, 2.05) is 36.4 Å². The molecule has 36 heavy (non-hydrogen) atoms. The first-order chi connectivity index (χ1) is 17.5. The SMILES string of the molecule is Nc1ccc(CNc2ncnc3c2ncn3[C@@H]2O[C@H](CO)[C@@H](O)[C@H]2O)cc1-c1ccc2c(c1)OCO2. The Bertz CT molecular complexity index is 1430. The van der Waals surface area contributed by atoms with E-state index < -0.39 is 31.1 Å². The predicted octanol–water partition coefficient (Wildman–Crippen LogP) is 1.03. The molecule has 4 atom stereocenters. The fourth-order valence-electron chi connectivity index (χ4n) is 4.49. The minimum Gasteiger partial charge on any atom is -0.454 e. The number of hydrogen-bond donors (Lipinski definition) is 5. The quantitative estimate of drug-likeness (QED) is 0.244. The highest BCUT2D eigenvalue weighted by Gasteiger charge is 2.44. The van der Waals surface area contributed by atoms with Gasteiger partial charge in [-0.05, 0) is 35.4 Å². The molecule has 4 heterocycles. The molecule has 0 aliphatic carbocycles. The monoisotopic (exact) mass is 492 g/mol. The lowest BCUT2D eigenvalue weighted by Gasteiger charge is -2.16.